The molecular formula is C13H18F3N. The predicted octanol–water partition coefficient (Wildman–Crippen LogP) is 4.07. The first-order chi connectivity index (χ1) is 8.07. The van der Waals surface area contributed by atoms with Gasteiger partial charge in [0, 0.05) is 11.6 Å². The number of halogens is 3. The third-order valence-corrected chi connectivity index (χ3v) is 2.83. The first-order valence-electron chi connectivity index (χ1n) is 5.96. The molecule has 2 N–H and O–H groups in total. The summed E-state index contributed by atoms with van der Waals surface area (Å²) in [6.45, 7) is 2.09. The Balaban J connectivity index is 2.63. The first-order valence-corrected chi connectivity index (χ1v) is 5.96. The van der Waals surface area contributed by atoms with Crippen molar-refractivity contribution in [1.82, 2.24) is 0 Å². The van der Waals surface area contributed by atoms with Crippen molar-refractivity contribution in [2.45, 2.75) is 45.1 Å². The van der Waals surface area contributed by atoms with Crippen LogP contribution in [0.4, 0.5) is 13.2 Å². The van der Waals surface area contributed by atoms with Crippen LogP contribution in [0.1, 0.15) is 50.6 Å². The van der Waals surface area contributed by atoms with Crippen molar-refractivity contribution in [1.29, 1.82) is 0 Å². The molecule has 0 aliphatic carbocycles. The second-order valence-corrected chi connectivity index (χ2v) is 4.22. The summed E-state index contributed by atoms with van der Waals surface area (Å²) in [4.78, 5) is 0. The van der Waals surface area contributed by atoms with Crippen LogP contribution in [0.15, 0.2) is 12.1 Å². The number of unbranched alkanes of at least 4 members (excludes halogenated alkanes) is 3. The Morgan fingerprint density at radius 2 is 1.76 bits per heavy atom. The van der Waals surface area contributed by atoms with Crippen LogP contribution in [0.25, 0.3) is 0 Å². The summed E-state index contributed by atoms with van der Waals surface area (Å²) in [5.41, 5.74) is 5.82. The molecule has 17 heavy (non-hydrogen) atoms. The van der Waals surface area contributed by atoms with E-state index < -0.39 is 23.5 Å². The quantitative estimate of drug-likeness (QED) is 0.593. The lowest BCUT2D eigenvalue weighted by molar-refractivity contribution is 0.431. The lowest BCUT2D eigenvalue weighted by Crippen LogP contribution is -2.13. The molecule has 4 heteroatoms. The lowest BCUT2D eigenvalue weighted by Gasteiger charge is -2.13. The van der Waals surface area contributed by atoms with Crippen molar-refractivity contribution in [2.24, 2.45) is 5.73 Å². The van der Waals surface area contributed by atoms with Crippen molar-refractivity contribution >= 4 is 0 Å². The van der Waals surface area contributed by atoms with Gasteiger partial charge in [0.25, 0.3) is 0 Å². The van der Waals surface area contributed by atoms with Crippen LogP contribution < -0.4 is 5.73 Å². The highest BCUT2D eigenvalue weighted by Crippen LogP contribution is 2.23. The van der Waals surface area contributed by atoms with Gasteiger partial charge in [-0.05, 0) is 12.5 Å². The normalized spacial score (nSPS) is 12.8. The van der Waals surface area contributed by atoms with Gasteiger partial charge >= 0.3 is 0 Å². The van der Waals surface area contributed by atoms with Gasteiger partial charge in [-0.25, -0.2) is 13.2 Å². The summed E-state index contributed by atoms with van der Waals surface area (Å²) in [5.74, 6) is -3.77. The lowest BCUT2D eigenvalue weighted by atomic mass is 10.00. The third kappa shape index (κ3) is 3.73. The number of hydrogen-bond donors (Lipinski definition) is 1. The highest BCUT2D eigenvalue weighted by atomic mass is 19.2. The van der Waals surface area contributed by atoms with Crippen LogP contribution in [0.5, 0.6) is 0 Å². The van der Waals surface area contributed by atoms with E-state index in [1.54, 1.807) is 0 Å². The molecule has 1 aromatic carbocycles. The van der Waals surface area contributed by atoms with E-state index in [4.69, 9.17) is 5.73 Å². The average molecular weight is 245 g/mol. The van der Waals surface area contributed by atoms with Gasteiger partial charge in [-0.1, -0.05) is 38.7 Å². The second-order valence-electron chi connectivity index (χ2n) is 4.22. The molecule has 0 aliphatic heterocycles. The standard InChI is InChI=1S/C13H18F3N/c1-2-3-4-5-6-11(17)9-7-8-10(14)13(16)12(9)15/h7-8,11H,2-6,17H2,1H3. The maximum absolute atomic E-state index is 13.4. The number of rotatable bonds is 6. The summed E-state index contributed by atoms with van der Waals surface area (Å²) in [7, 11) is 0. The van der Waals surface area contributed by atoms with Crippen molar-refractivity contribution in [2.75, 3.05) is 0 Å². The highest BCUT2D eigenvalue weighted by Gasteiger charge is 2.17. The molecule has 0 spiro atoms. The van der Waals surface area contributed by atoms with E-state index in [1.165, 1.54) is 6.07 Å². The monoisotopic (exact) mass is 245 g/mol. The van der Waals surface area contributed by atoms with Crippen molar-refractivity contribution in [3.05, 3.63) is 35.1 Å². The van der Waals surface area contributed by atoms with E-state index in [2.05, 4.69) is 6.92 Å². The zero-order valence-corrected chi connectivity index (χ0v) is 9.98. The third-order valence-electron chi connectivity index (χ3n) is 2.83. The van der Waals surface area contributed by atoms with Gasteiger partial charge in [-0.2, -0.15) is 0 Å². The first kappa shape index (κ1) is 14.0. The summed E-state index contributed by atoms with van der Waals surface area (Å²) in [5, 5.41) is 0. The fourth-order valence-electron chi connectivity index (χ4n) is 1.77. The van der Waals surface area contributed by atoms with Crippen LogP contribution in [0.3, 0.4) is 0 Å². The van der Waals surface area contributed by atoms with Crippen LogP contribution in [0.2, 0.25) is 0 Å². The van der Waals surface area contributed by atoms with Crippen molar-refractivity contribution in [3.8, 4) is 0 Å². The summed E-state index contributed by atoms with van der Waals surface area (Å²) >= 11 is 0. The fraction of sp³-hybridized carbons (Fsp3) is 0.538. The molecule has 0 bridgehead atoms. The van der Waals surface area contributed by atoms with Gasteiger partial charge in [-0.15, -0.1) is 0 Å². The molecule has 1 rings (SSSR count). The highest BCUT2D eigenvalue weighted by molar-refractivity contribution is 5.23. The van der Waals surface area contributed by atoms with Crippen LogP contribution >= 0.6 is 0 Å². The Morgan fingerprint density at radius 1 is 1.06 bits per heavy atom. The molecule has 0 aliphatic rings. The van der Waals surface area contributed by atoms with E-state index >= 15 is 0 Å². The SMILES string of the molecule is CCCCCCC(N)c1ccc(F)c(F)c1F. The molecule has 0 fully saturated rings. The maximum Gasteiger partial charge on any atom is 0.194 e. The predicted molar refractivity (Wildman–Crippen MR) is 62.0 cm³/mol. The van der Waals surface area contributed by atoms with Crippen LogP contribution in [-0.4, -0.2) is 0 Å². The fourth-order valence-corrected chi connectivity index (χ4v) is 1.77. The Kier molecular flexibility index (Phi) is 5.48. The molecule has 1 atom stereocenters. The van der Waals surface area contributed by atoms with Gasteiger partial charge in [0.15, 0.2) is 17.5 Å². The molecular weight excluding hydrogens is 227 g/mol. The maximum atomic E-state index is 13.4. The van der Waals surface area contributed by atoms with Gasteiger partial charge < -0.3 is 5.73 Å². The second kappa shape index (κ2) is 6.64. The minimum atomic E-state index is -1.44. The molecule has 0 saturated carbocycles. The van der Waals surface area contributed by atoms with E-state index in [0.717, 1.165) is 31.7 Å². The molecule has 0 saturated heterocycles. The van der Waals surface area contributed by atoms with E-state index in [1.807, 2.05) is 0 Å². The molecule has 1 aromatic rings. The zero-order valence-electron chi connectivity index (χ0n) is 9.98. The Bertz CT molecular complexity index is 366. The zero-order chi connectivity index (χ0) is 12.8. The van der Waals surface area contributed by atoms with Gasteiger partial charge in [0.1, 0.15) is 0 Å². The number of benzene rings is 1. The summed E-state index contributed by atoms with van der Waals surface area (Å²) in [6.07, 6.45) is 4.69. The number of nitrogens with two attached hydrogens (primary N) is 1. The molecule has 1 unspecified atom stereocenters. The van der Waals surface area contributed by atoms with Crippen molar-refractivity contribution < 1.29 is 13.2 Å². The number of hydrogen-bond acceptors (Lipinski definition) is 1. The molecule has 0 aromatic heterocycles. The van der Waals surface area contributed by atoms with E-state index in [9.17, 15) is 13.2 Å². The Hall–Kier alpha value is -1.03. The molecule has 0 heterocycles. The van der Waals surface area contributed by atoms with Gasteiger partial charge in [0.05, 0.1) is 0 Å². The Labute approximate surface area is 99.8 Å². The minimum Gasteiger partial charge on any atom is -0.324 e. The smallest absolute Gasteiger partial charge is 0.194 e. The molecule has 0 amide bonds. The Morgan fingerprint density at radius 3 is 2.41 bits per heavy atom. The molecule has 1 nitrogen and oxygen atoms in total. The molecule has 0 radical (unpaired) electrons. The van der Waals surface area contributed by atoms with E-state index in [0.29, 0.717) is 6.42 Å². The largest absolute Gasteiger partial charge is 0.324 e. The van der Waals surface area contributed by atoms with E-state index in [-0.39, 0.29) is 5.56 Å². The van der Waals surface area contributed by atoms with Crippen LogP contribution in [-0.2, 0) is 0 Å². The minimum absolute atomic E-state index is 0.0559. The van der Waals surface area contributed by atoms with Crippen LogP contribution in [0, 0.1) is 17.5 Å². The summed E-state index contributed by atoms with van der Waals surface area (Å²) in [6, 6.07) is 1.57. The average Bonchev–Trinajstić information content (AvgIpc) is 2.31. The van der Waals surface area contributed by atoms with Crippen molar-refractivity contribution in [3.63, 3.8) is 0 Å². The topological polar surface area (TPSA) is 26.0 Å². The summed E-state index contributed by atoms with van der Waals surface area (Å²) < 4.78 is 39.1. The van der Waals surface area contributed by atoms with Gasteiger partial charge in [0.2, 0.25) is 0 Å². The molecule has 96 valence electrons. The van der Waals surface area contributed by atoms with Gasteiger partial charge in [-0.3, -0.25) is 0 Å².